The number of alkyl halides is 3. The van der Waals surface area contributed by atoms with Crippen molar-refractivity contribution in [1.29, 1.82) is 0 Å². The Morgan fingerprint density at radius 1 is 1.15 bits per heavy atom. The zero-order chi connectivity index (χ0) is 20.2. The topological polar surface area (TPSA) is 26.3 Å². The molecule has 1 atom stereocenters. The van der Waals surface area contributed by atoms with E-state index >= 15 is 0 Å². The highest BCUT2D eigenvalue weighted by molar-refractivity contribution is 5.93. The van der Waals surface area contributed by atoms with Gasteiger partial charge >= 0.3 is 12.1 Å². The number of cyclic esters (lactones) is 1. The fourth-order valence-corrected chi connectivity index (χ4v) is 2.90. The second kappa shape index (κ2) is 8.11. The molecule has 1 aliphatic heterocycles. The summed E-state index contributed by atoms with van der Waals surface area (Å²) in [7, 11) is 0. The number of hydrogen-bond acceptors (Lipinski definition) is 2. The minimum Gasteiger partial charge on any atom is -0.446 e. The minimum atomic E-state index is -4.85. The highest BCUT2D eigenvalue weighted by atomic mass is 19.4. The summed E-state index contributed by atoms with van der Waals surface area (Å²) in [5.41, 5.74) is -1.20. The van der Waals surface area contributed by atoms with Gasteiger partial charge in [-0.05, 0) is 45.8 Å². The highest BCUT2D eigenvalue weighted by Crippen LogP contribution is 2.44. The maximum atomic E-state index is 14.3. The van der Waals surface area contributed by atoms with Crippen LogP contribution in [0.1, 0.15) is 45.6 Å². The zero-order valence-corrected chi connectivity index (χ0v) is 15.5. The lowest BCUT2D eigenvalue weighted by atomic mass is 9.88. The predicted octanol–water partition coefficient (Wildman–Crippen LogP) is 6.15. The number of hydrogen-bond donors (Lipinski definition) is 0. The molecule has 27 heavy (non-hydrogen) atoms. The van der Waals surface area contributed by atoms with Crippen molar-refractivity contribution in [2.75, 3.05) is 0 Å². The summed E-state index contributed by atoms with van der Waals surface area (Å²) in [6.07, 6.45) is 1.04. The van der Waals surface area contributed by atoms with E-state index in [0.29, 0.717) is 12.5 Å². The smallest absolute Gasteiger partial charge is 0.423 e. The molecule has 146 valence electrons. The molecule has 0 spiro atoms. The van der Waals surface area contributed by atoms with Crippen molar-refractivity contribution in [1.82, 2.24) is 0 Å². The van der Waals surface area contributed by atoms with Crippen LogP contribution < -0.4 is 0 Å². The van der Waals surface area contributed by atoms with Crippen LogP contribution in [0.2, 0.25) is 0 Å². The van der Waals surface area contributed by atoms with Crippen LogP contribution in [0.4, 0.5) is 17.6 Å². The summed E-state index contributed by atoms with van der Waals surface area (Å²) >= 11 is 0. The van der Waals surface area contributed by atoms with Gasteiger partial charge in [-0.3, -0.25) is 0 Å². The first-order valence-corrected chi connectivity index (χ1v) is 8.62. The molecule has 2 rings (SSSR count). The number of allylic oxidation sites excluding steroid dienone is 3. The van der Waals surface area contributed by atoms with E-state index in [9.17, 15) is 22.4 Å². The van der Waals surface area contributed by atoms with Crippen molar-refractivity contribution >= 4 is 5.97 Å². The molecule has 6 heteroatoms. The Bertz CT molecular complexity index is 799. The summed E-state index contributed by atoms with van der Waals surface area (Å²) in [5.74, 6) is -2.21. The van der Waals surface area contributed by atoms with Gasteiger partial charge in [-0.25, -0.2) is 9.18 Å². The van der Waals surface area contributed by atoms with Gasteiger partial charge < -0.3 is 4.74 Å². The number of rotatable bonds is 6. The molecule has 2 nitrogen and oxygen atoms in total. The summed E-state index contributed by atoms with van der Waals surface area (Å²) < 4.78 is 58.8. The first kappa shape index (κ1) is 20.9. The number of carbonyl (C=O) groups excluding carboxylic acids is 1. The summed E-state index contributed by atoms with van der Waals surface area (Å²) in [5, 5.41) is 0. The third-order valence-electron chi connectivity index (χ3n) is 4.35. The van der Waals surface area contributed by atoms with Crippen molar-refractivity contribution in [3.8, 4) is 0 Å². The van der Waals surface area contributed by atoms with Gasteiger partial charge in [0.25, 0.3) is 0 Å². The van der Waals surface area contributed by atoms with Crippen LogP contribution in [-0.2, 0) is 15.1 Å². The molecule has 0 saturated heterocycles. The fraction of sp³-hybridized carbons (Fsp3) is 0.381. The van der Waals surface area contributed by atoms with Gasteiger partial charge in [0.15, 0.2) is 5.60 Å². The molecule has 1 aromatic carbocycles. The Labute approximate surface area is 156 Å². The number of carbonyl (C=O) groups is 1. The van der Waals surface area contributed by atoms with Crippen LogP contribution in [0, 0.1) is 5.82 Å². The van der Waals surface area contributed by atoms with E-state index in [0.717, 1.165) is 18.1 Å². The normalized spacial score (nSPS) is 20.3. The fourth-order valence-electron chi connectivity index (χ4n) is 2.90. The van der Waals surface area contributed by atoms with Crippen LogP contribution in [0.15, 0.2) is 59.2 Å². The molecular weight excluding hydrogens is 360 g/mol. The molecule has 0 bridgehead atoms. The van der Waals surface area contributed by atoms with Crippen molar-refractivity contribution in [3.05, 3.63) is 70.6 Å². The van der Waals surface area contributed by atoms with Gasteiger partial charge in [0.2, 0.25) is 0 Å². The molecule has 0 amide bonds. The molecule has 1 heterocycles. The average Bonchev–Trinajstić information content (AvgIpc) is 2.91. The van der Waals surface area contributed by atoms with Crippen LogP contribution >= 0.6 is 0 Å². The van der Waals surface area contributed by atoms with Crippen LogP contribution in [0.25, 0.3) is 0 Å². The van der Waals surface area contributed by atoms with E-state index in [-0.39, 0.29) is 12.0 Å². The predicted molar refractivity (Wildman–Crippen MR) is 95.3 cm³/mol. The monoisotopic (exact) mass is 382 g/mol. The van der Waals surface area contributed by atoms with Crippen molar-refractivity contribution in [2.24, 2.45) is 0 Å². The number of halogens is 4. The molecule has 0 saturated carbocycles. The second-order valence-electron chi connectivity index (χ2n) is 6.89. The first-order valence-electron chi connectivity index (χ1n) is 8.62. The Hall–Kier alpha value is -2.37. The maximum Gasteiger partial charge on any atom is 0.423 e. The molecular formula is C21H22F4O2. The molecule has 0 N–H and O–H groups in total. The van der Waals surface area contributed by atoms with Crippen LogP contribution in [0.5, 0.6) is 0 Å². The van der Waals surface area contributed by atoms with E-state index in [4.69, 9.17) is 4.74 Å². The Morgan fingerprint density at radius 2 is 1.81 bits per heavy atom. The van der Waals surface area contributed by atoms with Gasteiger partial charge in [-0.2, -0.15) is 13.2 Å². The molecule has 1 unspecified atom stereocenters. The Kier molecular flexibility index (Phi) is 6.29. The van der Waals surface area contributed by atoms with Crippen LogP contribution in [0.3, 0.4) is 0 Å². The van der Waals surface area contributed by atoms with E-state index in [1.165, 1.54) is 23.8 Å². The number of benzene rings is 1. The van der Waals surface area contributed by atoms with Crippen molar-refractivity contribution < 1.29 is 27.1 Å². The van der Waals surface area contributed by atoms with Crippen molar-refractivity contribution in [2.45, 2.75) is 51.8 Å². The lowest BCUT2D eigenvalue weighted by Crippen LogP contribution is -2.26. The third-order valence-corrected chi connectivity index (χ3v) is 4.35. The first-order chi connectivity index (χ1) is 12.5. The zero-order valence-electron chi connectivity index (χ0n) is 15.5. The molecule has 0 fully saturated rings. The maximum absolute atomic E-state index is 14.3. The number of esters is 1. The Balaban J connectivity index is 2.39. The molecule has 1 aromatic rings. The van der Waals surface area contributed by atoms with Gasteiger partial charge in [0.05, 0.1) is 0 Å². The van der Waals surface area contributed by atoms with Crippen molar-refractivity contribution in [3.63, 3.8) is 0 Å². The summed E-state index contributed by atoms with van der Waals surface area (Å²) in [4.78, 5) is 11.9. The standard InChI is InChI=1S/C21H22F4O2/c1-14(2)7-6-8-15(3)11-12-20(16-9-4-5-10-18(16)22)13-17(19(26)27-20)21(23,24)25/h4-5,7,9-11,13H,6,8,12H2,1-3H3/b15-11+. The third kappa shape index (κ3) is 5.08. The second-order valence-corrected chi connectivity index (χ2v) is 6.89. The molecule has 0 aliphatic carbocycles. The molecule has 1 aliphatic rings. The average molecular weight is 382 g/mol. The van der Waals surface area contributed by atoms with Gasteiger partial charge in [0, 0.05) is 12.0 Å². The SMILES string of the molecule is CC(C)=CCC/C(C)=C/CC1(c2ccccc2F)C=C(C(F)(F)F)C(=O)O1. The summed E-state index contributed by atoms with van der Waals surface area (Å²) in [6, 6.07) is 5.40. The quantitative estimate of drug-likeness (QED) is 0.335. The van der Waals surface area contributed by atoms with Crippen LogP contribution in [-0.4, -0.2) is 12.1 Å². The summed E-state index contributed by atoms with van der Waals surface area (Å²) in [6.45, 7) is 5.81. The number of ether oxygens (including phenoxy) is 1. The van der Waals surface area contributed by atoms with E-state index in [2.05, 4.69) is 6.08 Å². The van der Waals surface area contributed by atoms with Gasteiger partial charge in [-0.1, -0.05) is 41.5 Å². The van der Waals surface area contributed by atoms with E-state index in [1.807, 2.05) is 20.8 Å². The molecule has 0 aromatic heterocycles. The lowest BCUT2D eigenvalue weighted by Gasteiger charge is -2.26. The largest absolute Gasteiger partial charge is 0.446 e. The van der Waals surface area contributed by atoms with Gasteiger partial charge in [0.1, 0.15) is 11.4 Å². The lowest BCUT2D eigenvalue weighted by molar-refractivity contribution is -0.155. The molecule has 0 radical (unpaired) electrons. The minimum absolute atomic E-state index is 0.0695. The van der Waals surface area contributed by atoms with E-state index in [1.54, 1.807) is 6.08 Å². The van der Waals surface area contributed by atoms with Gasteiger partial charge in [-0.15, -0.1) is 0 Å². The van der Waals surface area contributed by atoms with E-state index < -0.39 is 29.1 Å². The Morgan fingerprint density at radius 3 is 2.37 bits per heavy atom. The highest BCUT2D eigenvalue weighted by Gasteiger charge is 2.51.